The van der Waals surface area contributed by atoms with E-state index in [-0.39, 0.29) is 5.92 Å². The summed E-state index contributed by atoms with van der Waals surface area (Å²) in [5.41, 5.74) is 2.11. The van der Waals surface area contributed by atoms with Crippen molar-refractivity contribution in [2.24, 2.45) is 5.92 Å². The van der Waals surface area contributed by atoms with Crippen molar-refractivity contribution < 1.29 is 9.90 Å². The zero-order chi connectivity index (χ0) is 11.8. The number of anilines is 1. The summed E-state index contributed by atoms with van der Waals surface area (Å²) in [5, 5.41) is 9.24. The van der Waals surface area contributed by atoms with Gasteiger partial charge in [-0.3, -0.25) is 4.79 Å². The fourth-order valence-electron chi connectivity index (χ4n) is 2.66. The smallest absolute Gasteiger partial charge is 0.312 e. The molecule has 90 valence electrons. The molecule has 3 heteroatoms. The van der Waals surface area contributed by atoms with Crippen LogP contribution in [0.4, 0.5) is 5.69 Å². The lowest BCUT2D eigenvalue weighted by molar-refractivity contribution is -0.138. The molecule has 0 radical (unpaired) electrons. The van der Waals surface area contributed by atoms with Crippen LogP contribution in [0.3, 0.4) is 0 Å². The molecule has 1 unspecified atom stereocenters. The van der Waals surface area contributed by atoms with Gasteiger partial charge in [-0.05, 0) is 24.0 Å². The van der Waals surface area contributed by atoms with Gasteiger partial charge in [0.05, 0.1) is 0 Å². The number of nitrogens with zero attached hydrogens (tertiary/aromatic N) is 1. The number of aliphatic carboxylic acids is 1. The molecule has 0 aromatic heterocycles. The van der Waals surface area contributed by atoms with Gasteiger partial charge in [0.2, 0.25) is 0 Å². The second-order valence-electron chi connectivity index (χ2n) is 5.13. The van der Waals surface area contributed by atoms with E-state index in [4.69, 9.17) is 0 Å². The molecule has 1 N–H and O–H groups in total. The fourth-order valence-corrected chi connectivity index (χ4v) is 2.66. The molecule has 1 aliphatic carbocycles. The zero-order valence-corrected chi connectivity index (χ0v) is 9.80. The van der Waals surface area contributed by atoms with Gasteiger partial charge in [0.1, 0.15) is 5.92 Å². The predicted octanol–water partition coefficient (Wildman–Crippen LogP) is 2.47. The van der Waals surface area contributed by atoms with Crippen molar-refractivity contribution in [1.82, 2.24) is 0 Å². The van der Waals surface area contributed by atoms with Crippen molar-refractivity contribution in [3.05, 3.63) is 29.8 Å². The van der Waals surface area contributed by atoms with E-state index in [2.05, 4.69) is 4.90 Å². The van der Waals surface area contributed by atoms with Gasteiger partial charge in [-0.25, -0.2) is 0 Å². The van der Waals surface area contributed by atoms with Crippen molar-refractivity contribution in [3.63, 3.8) is 0 Å². The average Bonchev–Trinajstić information content (AvgIpc) is 3.07. The molecule has 0 bridgehead atoms. The summed E-state index contributed by atoms with van der Waals surface area (Å²) in [6, 6.07) is 7.92. The van der Waals surface area contributed by atoms with Crippen molar-refractivity contribution in [3.8, 4) is 0 Å². The second-order valence-corrected chi connectivity index (χ2v) is 5.13. The second kappa shape index (κ2) is 4.06. The number of fused-ring (bicyclic) bond motifs is 1. The Bertz CT molecular complexity index is 440. The van der Waals surface area contributed by atoms with Gasteiger partial charge in [-0.15, -0.1) is 0 Å². The summed E-state index contributed by atoms with van der Waals surface area (Å²) in [4.78, 5) is 13.5. The highest BCUT2D eigenvalue weighted by atomic mass is 16.4. The summed E-state index contributed by atoms with van der Waals surface area (Å²) >= 11 is 0. The fraction of sp³-hybridized carbons (Fsp3) is 0.500. The molecule has 0 saturated heterocycles. The Hall–Kier alpha value is -1.51. The summed E-state index contributed by atoms with van der Waals surface area (Å²) in [5.74, 6) is -0.150. The lowest BCUT2D eigenvalue weighted by Gasteiger charge is -2.19. The average molecular weight is 231 g/mol. The van der Waals surface area contributed by atoms with Crippen LogP contribution < -0.4 is 4.90 Å². The number of para-hydroxylation sites is 1. The van der Waals surface area contributed by atoms with E-state index in [0.717, 1.165) is 23.7 Å². The van der Waals surface area contributed by atoms with Gasteiger partial charge in [-0.2, -0.15) is 0 Å². The lowest BCUT2D eigenvalue weighted by Crippen LogP contribution is -2.25. The minimum Gasteiger partial charge on any atom is -0.481 e. The third kappa shape index (κ3) is 2.02. The minimum atomic E-state index is -0.702. The first-order chi connectivity index (χ1) is 8.25. The summed E-state index contributed by atoms with van der Waals surface area (Å²) < 4.78 is 0. The van der Waals surface area contributed by atoms with Crippen LogP contribution in [0.25, 0.3) is 0 Å². The van der Waals surface area contributed by atoms with Crippen molar-refractivity contribution >= 4 is 11.7 Å². The van der Waals surface area contributed by atoms with E-state index < -0.39 is 5.97 Å². The molecule has 1 atom stereocenters. The van der Waals surface area contributed by atoms with E-state index in [9.17, 15) is 9.90 Å². The molecule has 2 aliphatic rings. The van der Waals surface area contributed by atoms with E-state index >= 15 is 0 Å². The number of rotatable bonds is 4. The van der Waals surface area contributed by atoms with Gasteiger partial charge in [0.25, 0.3) is 0 Å². The van der Waals surface area contributed by atoms with Gasteiger partial charge in [0, 0.05) is 18.8 Å². The molecule has 0 amide bonds. The quantitative estimate of drug-likeness (QED) is 0.865. The van der Waals surface area contributed by atoms with Gasteiger partial charge < -0.3 is 10.0 Å². The Morgan fingerprint density at radius 2 is 2.12 bits per heavy atom. The molecule has 17 heavy (non-hydrogen) atoms. The van der Waals surface area contributed by atoms with Gasteiger partial charge >= 0.3 is 5.97 Å². The highest BCUT2D eigenvalue weighted by Crippen LogP contribution is 2.38. The van der Waals surface area contributed by atoms with Crippen molar-refractivity contribution in [2.45, 2.75) is 25.2 Å². The third-order valence-corrected chi connectivity index (χ3v) is 3.86. The van der Waals surface area contributed by atoms with E-state index in [1.165, 1.54) is 19.3 Å². The molecule has 1 saturated carbocycles. The largest absolute Gasteiger partial charge is 0.481 e. The number of hydrogen-bond acceptors (Lipinski definition) is 2. The number of carboxylic acids is 1. The monoisotopic (exact) mass is 231 g/mol. The number of benzene rings is 1. The summed E-state index contributed by atoms with van der Waals surface area (Å²) in [6.07, 6.45) is 3.93. The molecular weight excluding hydrogens is 214 g/mol. The van der Waals surface area contributed by atoms with Gasteiger partial charge in [-0.1, -0.05) is 31.0 Å². The SMILES string of the molecule is O=C(O)C1CN(CCC2CC2)c2ccccc21. The van der Waals surface area contributed by atoms with Crippen molar-refractivity contribution in [1.29, 1.82) is 0 Å². The van der Waals surface area contributed by atoms with Crippen LogP contribution in [0.1, 0.15) is 30.7 Å². The van der Waals surface area contributed by atoms with Crippen LogP contribution in [0.2, 0.25) is 0 Å². The normalized spacial score (nSPS) is 22.6. The first-order valence-corrected chi connectivity index (χ1v) is 6.32. The Balaban J connectivity index is 1.80. The lowest BCUT2D eigenvalue weighted by atomic mass is 10.0. The minimum absolute atomic E-state index is 0.342. The molecule has 0 spiro atoms. The maximum atomic E-state index is 11.2. The zero-order valence-electron chi connectivity index (χ0n) is 9.80. The molecule has 1 aromatic carbocycles. The maximum Gasteiger partial charge on any atom is 0.312 e. The van der Waals surface area contributed by atoms with E-state index in [1.807, 2.05) is 24.3 Å². The molecule has 1 heterocycles. The van der Waals surface area contributed by atoms with Crippen LogP contribution in [0, 0.1) is 5.92 Å². The van der Waals surface area contributed by atoms with Crippen molar-refractivity contribution in [2.75, 3.05) is 18.0 Å². The summed E-state index contributed by atoms with van der Waals surface area (Å²) in [6.45, 7) is 1.65. The Labute approximate surface area is 101 Å². The maximum absolute atomic E-state index is 11.2. The highest BCUT2D eigenvalue weighted by Gasteiger charge is 2.33. The standard InChI is InChI=1S/C14H17NO2/c16-14(17)12-9-15(8-7-10-5-6-10)13-4-2-1-3-11(12)13/h1-4,10,12H,5-9H2,(H,16,17). The first-order valence-electron chi connectivity index (χ1n) is 6.32. The Morgan fingerprint density at radius 1 is 1.35 bits per heavy atom. The molecule has 3 nitrogen and oxygen atoms in total. The Kier molecular flexibility index (Phi) is 2.54. The molecular formula is C14H17NO2. The number of carboxylic acid groups (broad SMARTS) is 1. The number of hydrogen-bond donors (Lipinski definition) is 1. The predicted molar refractivity (Wildman–Crippen MR) is 66.4 cm³/mol. The molecule has 1 fully saturated rings. The van der Waals surface area contributed by atoms with Crippen LogP contribution in [-0.2, 0) is 4.79 Å². The van der Waals surface area contributed by atoms with E-state index in [1.54, 1.807) is 0 Å². The van der Waals surface area contributed by atoms with Crippen LogP contribution >= 0.6 is 0 Å². The van der Waals surface area contributed by atoms with Crippen LogP contribution in [0.15, 0.2) is 24.3 Å². The molecule has 3 rings (SSSR count). The van der Waals surface area contributed by atoms with Crippen LogP contribution in [0.5, 0.6) is 0 Å². The first kappa shape index (κ1) is 10.6. The molecule has 1 aromatic rings. The highest BCUT2D eigenvalue weighted by molar-refractivity contribution is 5.82. The summed E-state index contributed by atoms with van der Waals surface area (Å²) in [7, 11) is 0. The molecule has 1 aliphatic heterocycles. The number of carbonyl (C=O) groups is 1. The third-order valence-electron chi connectivity index (χ3n) is 3.86. The van der Waals surface area contributed by atoms with E-state index in [0.29, 0.717) is 6.54 Å². The van der Waals surface area contributed by atoms with Gasteiger partial charge in [0.15, 0.2) is 0 Å². The van der Waals surface area contributed by atoms with Crippen LogP contribution in [-0.4, -0.2) is 24.2 Å². The Morgan fingerprint density at radius 3 is 2.82 bits per heavy atom. The topological polar surface area (TPSA) is 40.5 Å².